The van der Waals surface area contributed by atoms with E-state index in [9.17, 15) is 4.39 Å². The first-order chi connectivity index (χ1) is 9.78. The standard InChI is InChI=1S/C16H18FNO2/c1-19-9-10-20-16-7-5-13(6-8-16)12-18-15-4-2-3-14(17)11-15/h2-8,11,18H,9-10,12H2,1H3. The summed E-state index contributed by atoms with van der Waals surface area (Å²) in [7, 11) is 1.64. The van der Waals surface area contributed by atoms with Crippen LogP contribution in [0.1, 0.15) is 5.56 Å². The van der Waals surface area contributed by atoms with E-state index in [-0.39, 0.29) is 5.82 Å². The minimum Gasteiger partial charge on any atom is -0.491 e. The van der Waals surface area contributed by atoms with E-state index in [4.69, 9.17) is 9.47 Å². The maximum Gasteiger partial charge on any atom is 0.125 e. The summed E-state index contributed by atoms with van der Waals surface area (Å²) in [4.78, 5) is 0. The van der Waals surface area contributed by atoms with Crippen LogP contribution in [0.15, 0.2) is 48.5 Å². The van der Waals surface area contributed by atoms with Gasteiger partial charge in [0.15, 0.2) is 0 Å². The molecule has 0 aromatic heterocycles. The highest BCUT2D eigenvalue weighted by molar-refractivity contribution is 5.44. The first-order valence-electron chi connectivity index (χ1n) is 6.48. The first kappa shape index (κ1) is 14.3. The van der Waals surface area contributed by atoms with Gasteiger partial charge < -0.3 is 14.8 Å². The molecule has 2 rings (SSSR count). The fourth-order valence-corrected chi connectivity index (χ4v) is 1.75. The Hall–Kier alpha value is -2.07. The van der Waals surface area contributed by atoms with E-state index >= 15 is 0 Å². The van der Waals surface area contributed by atoms with Crippen molar-refractivity contribution in [3.63, 3.8) is 0 Å². The molecule has 4 heteroatoms. The fraction of sp³-hybridized carbons (Fsp3) is 0.250. The zero-order chi connectivity index (χ0) is 14.2. The number of ether oxygens (including phenoxy) is 2. The molecule has 0 spiro atoms. The van der Waals surface area contributed by atoms with E-state index < -0.39 is 0 Å². The molecule has 2 aromatic rings. The van der Waals surface area contributed by atoms with Gasteiger partial charge in [-0.1, -0.05) is 18.2 Å². The average Bonchev–Trinajstić information content (AvgIpc) is 2.47. The van der Waals surface area contributed by atoms with E-state index in [0.717, 1.165) is 17.0 Å². The van der Waals surface area contributed by atoms with Gasteiger partial charge in [0.1, 0.15) is 18.2 Å². The molecule has 1 N–H and O–H groups in total. The summed E-state index contributed by atoms with van der Waals surface area (Å²) in [6.07, 6.45) is 0. The minimum atomic E-state index is -0.239. The highest BCUT2D eigenvalue weighted by Gasteiger charge is 1.98. The third kappa shape index (κ3) is 4.55. The molecular weight excluding hydrogens is 257 g/mol. The van der Waals surface area contributed by atoms with Crippen LogP contribution in [0, 0.1) is 5.82 Å². The molecular formula is C16H18FNO2. The summed E-state index contributed by atoms with van der Waals surface area (Å²) in [6.45, 7) is 1.75. The number of hydrogen-bond donors (Lipinski definition) is 1. The Morgan fingerprint density at radius 1 is 1.05 bits per heavy atom. The van der Waals surface area contributed by atoms with Crippen LogP contribution in [-0.2, 0) is 11.3 Å². The van der Waals surface area contributed by atoms with Crippen molar-refractivity contribution in [3.05, 3.63) is 59.9 Å². The Kier molecular flexibility index (Phi) is 5.38. The third-order valence-corrected chi connectivity index (χ3v) is 2.80. The second-order valence-corrected chi connectivity index (χ2v) is 4.35. The van der Waals surface area contributed by atoms with Crippen molar-refractivity contribution in [2.45, 2.75) is 6.54 Å². The predicted molar refractivity (Wildman–Crippen MR) is 77.5 cm³/mol. The molecule has 0 aliphatic carbocycles. The topological polar surface area (TPSA) is 30.5 Å². The molecule has 0 bridgehead atoms. The van der Waals surface area contributed by atoms with Crippen molar-refractivity contribution in [1.29, 1.82) is 0 Å². The van der Waals surface area contributed by atoms with Gasteiger partial charge in [-0.25, -0.2) is 4.39 Å². The summed E-state index contributed by atoms with van der Waals surface area (Å²) in [5.74, 6) is 0.577. The van der Waals surface area contributed by atoms with Crippen LogP contribution >= 0.6 is 0 Å². The lowest BCUT2D eigenvalue weighted by molar-refractivity contribution is 0.146. The largest absolute Gasteiger partial charge is 0.491 e. The van der Waals surface area contributed by atoms with Crippen molar-refractivity contribution in [1.82, 2.24) is 0 Å². The van der Waals surface area contributed by atoms with Crippen molar-refractivity contribution < 1.29 is 13.9 Å². The Morgan fingerprint density at radius 3 is 2.55 bits per heavy atom. The Labute approximate surface area is 118 Å². The number of anilines is 1. The van der Waals surface area contributed by atoms with Crippen molar-refractivity contribution in [2.24, 2.45) is 0 Å². The molecule has 0 aliphatic rings. The van der Waals surface area contributed by atoms with Gasteiger partial charge in [0.25, 0.3) is 0 Å². The lowest BCUT2D eigenvalue weighted by Crippen LogP contribution is -2.04. The van der Waals surface area contributed by atoms with E-state index in [1.54, 1.807) is 13.2 Å². The Balaban J connectivity index is 1.84. The highest BCUT2D eigenvalue weighted by atomic mass is 19.1. The molecule has 0 unspecified atom stereocenters. The first-order valence-corrected chi connectivity index (χ1v) is 6.48. The van der Waals surface area contributed by atoms with Crippen LogP contribution in [-0.4, -0.2) is 20.3 Å². The van der Waals surface area contributed by atoms with Gasteiger partial charge in [-0.05, 0) is 35.9 Å². The summed E-state index contributed by atoms with van der Waals surface area (Å²) >= 11 is 0. The van der Waals surface area contributed by atoms with Crippen LogP contribution in [0.3, 0.4) is 0 Å². The summed E-state index contributed by atoms with van der Waals surface area (Å²) in [5, 5.41) is 3.17. The van der Waals surface area contributed by atoms with Crippen molar-refractivity contribution in [3.8, 4) is 5.75 Å². The van der Waals surface area contributed by atoms with Crippen LogP contribution in [0.2, 0.25) is 0 Å². The molecule has 0 atom stereocenters. The molecule has 0 radical (unpaired) electrons. The zero-order valence-electron chi connectivity index (χ0n) is 11.4. The molecule has 3 nitrogen and oxygen atoms in total. The third-order valence-electron chi connectivity index (χ3n) is 2.80. The molecule has 0 aliphatic heterocycles. The van der Waals surface area contributed by atoms with Crippen LogP contribution in [0.25, 0.3) is 0 Å². The lowest BCUT2D eigenvalue weighted by atomic mass is 10.2. The fourth-order valence-electron chi connectivity index (χ4n) is 1.75. The second kappa shape index (κ2) is 7.50. The zero-order valence-corrected chi connectivity index (χ0v) is 11.4. The normalized spacial score (nSPS) is 10.3. The number of methoxy groups -OCH3 is 1. The number of nitrogens with one attached hydrogen (secondary N) is 1. The van der Waals surface area contributed by atoms with Gasteiger partial charge in [0, 0.05) is 19.3 Å². The number of benzene rings is 2. The van der Waals surface area contributed by atoms with Gasteiger partial charge in [-0.15, -0.1) is 0 Å². The molecule has 0 saturated carbocycles. The number of halogens is 1. The van der Waals surface area contributed by atoms with Gasteiger partial charge >= 0.3 is 0 Å². The Bertz CT molecular complexity index is 528. The smallest absolute Gasteiger partial charge is 0.125 e. The van der Waals surface area contributed by atoms with E-state index in [1.807, 2.05) is 30.3 Å². The maximum atomic E-state index is 13.0. The van der Waals surface area contributed by atoms with Gasteiger partial charge in [0.05, 0.1) is 6.61 Å². The van der Waals surface area contributed by atoms with Gasteiger partial charge in [0.2, 0.25) is 0 Å². The van der Waals surface area contributed by atoms with Crippen molar-refractivity contribution >= 4 is 5.69 Å². The predicted octanol–water partition coefficient (Wildman–Crippen LogP) is 3.46. The molecule has 0 heterocycles. The summed E-state index contributed by atoms with van der Waals surface area (Å²) in [6, 6.07) is 14.2. The minimum absolute atomic E-state index is 0.239. The van der Waals surface area contributed by atoms with E-state index in [2.05, 4.69) is 5.32 Å². The quantitative estimate of drug-likeness (QED) is 0.785. The molecule has 2 aromatic carbocycles. The Morgan fingerprint density at radius 2 is 1.85 bits per heavy atom. The maximum absolute atomic E-state index is 13.0. The van der Waals surface area contributed by atoms with Crippen LogP contribution < -0.4 is 10.1 Å². The lowest BCUT2D eigenvalue weighted by Gasteiger charge is -2.08. The molecule has 0 amide bonds. The SMILES string of the molecule is COCCOc1ccc(CNc2cccc(F)c2)cc1. The number of rotatable bonds is 7. The van der Waals surface area contributed by atoms with Crippen LogP contribution in [0.4, 0.5) is 10.1 Å². The van der Waals surface area contributed by atoms with E-state index in [1.165, 1.54) is 12.1 Å². The molecule has 0 saturated heterocycles. The summed E-state index contributed by atoms with van der Waals surface area (Å²) in [5.41, 5.74) is 1.87. The second-order valence-electron chi connectivity index (χ2n) is 4.35. The average molecular weight is 275 g/mol. The van der Waals surface area contributed by atoms with Gasteiger partial charge in [-0.3, -0.25) is 0 Å². The molecule has 0 fully saturated rings. The van der Waals surface area contributed by atoms with Crippen molar-refractivity contribution in [2.75, 3.05) is 25.6 Å². The molecule has 106 valence electrons. The monoisotopic (exact) mass is 275 g/mol. The van der Waals surface area contributed by atoms with Crippen LogP contribution in [0.5, 0.6) is 5.75 Å². The molecule has 20 heavy (non-hydrogen) atoms. The summed E-state index contributed by atoms with van der Waals surface area (Å²) < 4.78 is 23.4. The highest BCUT2D eigenvalue weighted by Crippen LogP contribution is 2.14. The van der Waals surface area contributed by atoms with Gasteiger partial charge in [-0.2, -0.15) is 0 Å². The number of hydrogen-bond acceptors (Lipinski definition) is 3. The van der Waals surface area contributed by atoms with E-state index in [0.29, 0.717) is 19.8 Å².